The summed E-state index contributed by atoms with van der Waals surface area (Å²) in [4.78, 5) is 23.0. The van der Waals surface area contributed by atoms with Gasteiger partial charge in [-0.05, 0) is 13.3 Å². The third kappa shape index (κ3) is 5.61. The van der Waals surface area contributed by atoms with Crippen LogP contribution in [0.1, 0.15) is 51.1 Å². The lowest BCUT2D eigenvalue weighted by Crippen LogP contribution is -2.15. The zero-order valence-electron chi connectivity index (χ0n) is 11.0. The first-order valence-electron chi connectivity index (χ1n) is 6.36. The van der Waals surface area contributed by atoms with Crippen molar-refractivity contribution in [2.45, 2.75) is 52.4 Å². The molecule has 18 heavy (non-hydrogen) atoms. The third-order valence-corrected chi connectivity index (χ3v) is 2.56. The van der Waals surface area contributed by atoms with Crippen molar-refractivity contribution in [3.63, 3.8) is 0 Å². The number of unbranched alkanes of at least 4 members (excludes halogenated alkanes) is 3. The number of ketones is 1. The first-order chi connectivity index (χ1) is 8.61. The number of anilines is 1. The molecular weight excluding hydrogens is 232 g/mol. The number of nitrogens with zero attached hydrogens (tertiary/aromatic N) is 1. The van der Waals surface area contributed by atoms with Crippen LogP contribution < -0.4 is 5.32 Å². The number of amides is 1. The summed E-state index contributed by atoms with van der Waals surface area (Å²) in [6, 6.07) is 1.61. The summed E-state index contributed by atoms with van der Waals surface area (Å²) in [5.41, 5.74) is 0.691. The fourth-order valence-corrected chi connectivity index (χ4v) is 1.62. The van der Waals surface area contributed by atoms with Crippen LogP contribution in [-0.4, -0.2) is 16.8 Å². The van der Waals surface area contributed by atoms with E-state index < -0.39 is 0 Å². The highest BCUT2D eigenvalue weighted by molar-refractivity contribution is 6.03. The van der Waals surface area contributed by atoms with Crippen molar-refractivity contribution in [1.29, 1.82) is 0 Å². The quantitative estimate of drug-likeness (QED) is 0.570. The number of aromatic nitrogens is 1. The molecule has 0 aliphatic rings. The Morgan fingerprint density at radius 2 is 2.11 bits per heavy atom. The summed E-state index contributed by atoms with van der Waals surface area (Å²) in [6.07, 6.45) is 4.57. The summed E-state index contributed by atoms with van der Waals surface area (Å²) in [5.74, 6) is -0.0808. The van der Waals surface area contributed by atoms with Gasteiger partial charge in [0.1, 0.15) is 5.78 Å². The van der Waals surface area contributed by atoms with E-state index in [4.69, 9.17) is 4.52 Å². The molecule has 1 N–H and O–H groups in total. The fourth-order valence-electron chi connectivity index (χ4n) is 1.62. The number of rotatable bonds is 8. The molecule has 0 saturated carbocycles. The summed E-state index contributed by atoms with van der Waals surface area (Å²) in [5, 5.41) is 6.15. The van der Waals surface area contributed by atoms with Crippen LogP contribution in [0.3, 0.4) is 0 Å². The van der Waals surface area contributed by atoms with Gasteiger partial charge in [0.25, 0.3) is 0 Å². The molecule has 0 saturated heterocycles. The Balaban J connectivity index is 2.21. The topological polar surface area (TPSA) is 72.2 Å². The van der Waals surface area contributed by atoms with Gasteiger partial charge in [0.2, 0.25) is 11.8 Å². The van der Waals surface area contributed by atoms with E-state index in [0.717, 1.165) is 25.7 Å². The summed E-state index contributed by atoms with van der Waals surface area (Å²) < 4.78 is 4.84. The molecule has 1 amide bonds. The number of carbonyl (C=O) groups is 2. The van der Waals surface area contributed by atoms with Gasteiger partial charge in [-0.1, -0.05) is 31.3 Å². The van der Waals surface area contributed by atoms with Crippen molar-refractivity contribution in [2.75, 3.05) is 5.32 Å². The molecule has 5 heteroatoms. The van der Waals surface area contributed by atoms with Crippen molar-refractivity contribution in [3.05, 3.63) is 11.8 Å². The number of carbonyl (C=O) groups excluding carboxylic acids is 2. The lowest BCUT2D eigenvalue weighted by Gasteiger charge is -2.01. The Morgan fingerprint density at radius 3 is 2.72 bits per heavy atom. The first-order valence-corrected chi connectivity index (χ1v) is 6.36. The fraction of sp³-hybridized carbons (Fsp3) is 0.615. The Kier molecular flexibility index (Phi) is 6.11. The molecule has 0 radical (unpaired) electrons. The van der Waals surface area contributed by atoms with Crippen LogP contribution in [0.2, 0.25) is 0 Å². The minimum Gasteiger partial charge on any atom is -0.338 e. The predicted molar refractivity (Wildman–Crippen MR) is 68.3 cm³/mol. The zero-order chi connectivity index (χ0) is 13.4. The van der Waals surface area contributed by atoms with Gasteiger partial charge in [-0.15, -0.1) is 0 Å². The average Bonchev–Trinajstić information content (AvgIpc) is 2.70. The van der Waals surface area contributed by atoms with Crippen molar-refractivity contribution < 1.29 is 14.1 Å². The van der Waals surface area contributed by atoms with Gasteiger partial charge >= 0.3 is 0 Å². The lowest BCUT2D eigenvalue weighted by molar-refractivity contribution is -0.125. The van der Waals surface area contributed by atoms with Gasteiger partial charge in [0.15, 0.2) is 0 Å². The van der Waals surface area contributed by atoms with Gasteiger partial charge in [0.05, 0.1) is 12.1 Å². The number of Topliss-reactive ketones (excluding diaryl/α,β-unsaturated/α-hetero) is 1. The second kappa shape index (κ2) is 7.63. The van der Waals surface area contributed by atoms with Crippen molar-refractivity contribution in [2.24, 2.45) is 0 Å². The van der Waals surface area contributed by atoms with E-state index in [2.05, 4.69) is 17.4 Å². The van der Waals surface area contributed by atoms with Crippen LogP contribution in [-0.2, 0) is 9.59 Å². The standard InChI is InChI=1S/C13H20N2O3/c1-3-4-5-6-7-11(16)9-12(17)14-13-8-10(2)15-18-13/h8H,3-7,9H2,1-2H3,(H,14,17). The molecule has 5 nitrogen and oxygen atoms in total. The second-order valence-electron chi connectivity index (χ2n) is 4.41. The van der Waals surface area contributed by atoms with Gasteiger partial charge in [-0.2, -0.15) is 0 Å². The van der Waals surface area contributed by atoms with Gasteiger partial charge in [-0.3, -0.25) is 14.9 Å². The molecule has 100 valence electrons. The van der Waals surface area contributed by atoms with Gasteiger partial charge in [0, 0.05) is 12.5 Å². The van der Waals surface area contributed by atoms with Crippen molar-refractivity contribution >= 4 is 17.6 Å². The number of nitrogens with one attached hydrogen (secondary N) is 1. The summed E-state index contributed by atoms with van der Waals surface area (Å²) in [7, 11) is 0. The molecule has 0 bridgehead atoms. The molecule has 0 aliphatic heterocycles. The Morgan fingerprint density at radius 1 is 1.33 bits per heavy atom. The Hall–Kier alpha value is -1.65. The number of aryl methyl sites for hydroxylation is 1. The molecule has 0 aromatic carbocycles. The smallest absolute Gasteiger partial charge is 0.234 e. The normalized spacial score (nSPS) is 10.3. The highest BCUT2D eigenvalue weighted by atomic mass is 16.5. The van der Waals surface area contributed by atoms with E-state index >= 15 is 0 Å². The van der Waals surface area contributed by atoms with E-state index in [0.29, 0.717) is 12.1 Å². The number of hydrogen-bond acceptors (Lipinski definition) is 4. The van der Waals surface area contributed by atoms with E-state index in [1.165, 1.54) is 0 Å². The SMILES string of the molecule is CCCCCCC(=O)CC(=O)Nc1cc(C)no1. The van der Waals surface area contributed by atoms with E-state index in [1.807, 2.05) is 0 Å². The Labute approximate surface area is 107 Å². The van der Waals surface area contributed by atoms with Crippen molar-refractivity contribution in [3.8, 4) is 0 Å². The molecule has 0 aliphatic carbocycles. The van der Waals surface area contributed by atoms with E-state index in [-0.39, 0.29) is 24.0 Å². The molecular formula is C13H20N2O3. The zero-order valence-corrected chi connectivity index (χ0v) is 11.0. The lowest BCUT2D eigenvalue weighted by atomic mass is 10.1. The molecule has 1 aromatic rings. The molecule has 1 rings (SSSR count). The highest BCUT2D eigenvalue weighted by Gasteiger charge is 2.11. The second-order valence-corrected chi connectivity index (χ2v) is 4.41. The van der Waals surface area contributed by atoms with Crippen LogP contribution in [0.4, 0.5) is 5.88 Å². The van der Waals surface area contributed by atoms with Crippen molar-refractivity contribution in [1.82, 2.24) is 5.16 Å². The minimum atomic E-state index is -0.341. The van der Waals surface area contributed by atoms with Crippen LogP contribution in [0.15, 0.2) is 10.6 Å². The summed E-state index contributed by atoms with van der Waals surface area (Å²) in [6.45, 7) is 3.88. The average molecular weight is 252 g/mol. The van der Waals surface area contributed by atoms with Crippen LogP contribution >= 0.6 is 0 Å². The largest absolute Gasteiger partial charge is 0.338 e. The Bertz CT molecular complexity index is 399. The third-order valence-electron chi connectivity index (χ3n) is 2.56. The maximum absolute atomic E-state index is 11.5. The van der Waals surface area contributed by atoms with Crippen LogP contribution in [0.5, 0.6) is 0 Å². The summed E-state index contributed by atoms with van der Waals surface area (Å²) >= 11 is 0. The van der Waals surface area contributed by atoms with E-state index in [9.17, 15) is 9.59 Å². The predicted octanol–water partition coefficient (Wildman–Crippen LogP) is 2.85. The maximum atomic E-state index is 11.5. The number of hydrogen-bond donors (Lipinski definition) is 1. The van der Waals surface area contributed by atoms with E-state index in [1.54, 1.807) is 13.0 Å². The van der Waals surface area contributed by atoms with Gasteiger partial charge < -0.3 is 4.52 Å². The maximum Gasteiger partial charge on any atom is 0.234 e. The first kappa shape index (κ1) is 14.4. The molecule has 0 unspecified atom stereocenters. The monoisotopic (exact) mass is 252 g/mol. The molecule has 1 aromatic heterocycles. The van der Waals surface area contributed by atoms with Gasteiger partial charge in [-0.25, -0.2) is 0 Å². The molecule has 0 spiro atoms. The highest BCUT2D eigenvalue weighted by Crippen LogP contribution is 2.09. The molecule has 0 atom stereocenters. The van der Waals surface area contributed by atoms with Crippen LogP contribution in [0, 0.1) is 6.92 Å². The molecule has 1 heterocycles. The molecule has 0 fully saturated rings. The van der Waals surface area contributed by atoms with Crippen LogP contribution in [0.25, 0.3) is 0 Å². The minimum absolute atomic E-state index is 0.0279.